The Bertz CT molecular complexity index is 291. The maximum atomic E-state index is 11.3. The van der Waals surface area contributed by atoms with Crippen molar-refractivity contribution in [3.63, 3.8) is 0 Å². The number of hydrogen-bond donors (Lipinski definition) is 0. The Kier molecular flexibility index (Phi) is 4.54. The van der Waals surface area contributed by atoms with Gasteiger partial charge in [-0.25, -0.2) is 0 Å². The van der Waals surface area contributed by atoms with Gasteiger partial charge < -0.3 is 4.74 Å². The molecule has 0 radical (unpaired) electrons. The largest absolute Gasteiger partial charge is 0.466 e. The summed E-state index contributed by atoms with van der Waals surface area (Å²) in [5.74, 6) is -0.469. The summed E-state index contributed by atoms with van der Waals surface area (Å²) in [5.41, 5.74) is -0.945. The van der Waals surface area contributed by atoms with Crippen molar-refractivity contribution in [1.29, 1.82) is 0 Å². The minimum atomic E-state index is -3.51. The molecular weight excluding hydrogens is 208 g/mol. The second-order valence-electron chi connectivity index (χ2n) is 3.57. The second-order valence-corrected chi connectivity index (χ2v) is 5.21. The third kappa shape index (κ3) is 5.18. The summed E-state index contributed by atoms with van der Waals surface area (Å²) in [5, 5.41) is 0. The molecule has 0 fully saturated rings. The Morgan fingerprint density at radius 1 is 1.36 bits per heavy atom. The maximum Gasteiger partial charge on any atom is 0.313 e. The number of esters is 1. The average molecular weight is 224 g/mol. The van der Waals surface area contributed by atoms with Gasteiger partial charge in [0.15, 0.2) is 0 Å². The van der Waals surface area contributed by atoms with Gasteiger partial charge in [-0.2, -0.15) is 8.42 Å². The average Bonchev–Trinajstić information content (AvgIpc) is 2.00. The Morgan fingerprint density at radius 3 is 2.21 bits per heavy atom. The monoisotopic (exact) mass is 224 g/mol. The molecule has 0 aromatic carbocycles. The molecule has 0 saturated carbocycles. The van der Waals surface area contributed by atoms with E-state index in [1.54, 1.807) is 20.8 Å². The summed E-state index contributed by atoms with van der Waals surface area (Å²) < 4.78 is 30.7. The molecule has 0 aromatic rings. The van der Waals surface area contributed by atoms with Crippen LogP contribution in [0.25, 0.3) is 0 Å². The van der Waals surface area contributed by atoms with E-state index in [2.05, 4.69) is 4.18 Å². The van der Waals surface area contributed by atoms with Crippen molar-refractivity contribution in [3.05, 3.63) is 0 Å². The first-order chi connectivity index (χ1) is 6.19. The SMILES string of the molecule is CCOC(=O)C(C)(C)COS(C)(=O)=O. The van der Waals surface area contributed by atoms with Crippen LogP contribution in [0.15, 0.2) is 0 Å². The molecule has 0 heterocycles. The molecular formula is C8H16O5S. The molecule has 0 unspecified atom stereocenters. The zero-order valence-corrected chi connectivity index (χ0v) is 9.68. The lowest BCUT2D eigenvalue weighted by molar-refractivity contribution is -0.154. The first-order valence-electron chi connectivity index (χ1n) is 4.20. The Labute approximate surface area is 84.5 Å². The molecule has 14 heavy (non-hydrogen) atoms. The molecule has 0 aliphatic carbocycles. The van der Waals surface area contributed by atoms with E-state index in [1.807, 2.05) is 0 Å². The standard InChI is InChI=1S/C8H16O5S/c1-5-12-7(9)8(2,3)6-13-14(4,10)11/h5-6H2,1-4H3. The van der Waals surface area contributed by atoms with Gasteiger partial charge in [0.05, 0.1) is 24.9 Å². The Morgan fingerprint density at radius 2 is 1.86 bits per heavy atom. The maximum absolute atomic E-state index is 11.3. The van der Waals surface area contributed by atoms with Gasteiger partial charge in [-0.3, -0.25) is 8.98 Å². The molecule has 0 aliphatic rings. The molecule has 0 saturated heterocycles. The zero-order valence-electron chi connectivity index (χ0n) is 8.86. The number of rotatable bonds is 5. The van der Waals surface area contributed by atoms with Crippen LogP contribution in [-0.4, -0.2) is 33.9 Å². The van der Waals surface area contributed by atoms with E-state index >= 15 is 0 Å². The van der Waals surface area contributed by atoms with Gasteiger partial charge in [0, 0.05) is 0 Å². The number of carbonyl (C=O) groups excluding carboxylic acids is 1. The van der Waals surface area contributed by atoms with E-state index in [1.165, 1.54) is 0 Å². The van der Waals surface area contributed by atoms with E-state index in [-0.39, 0.29) is 13.2 Å². The molecule has 0 N–H and O–H groups in total. The molecule has 0 spiro atoms. The van der Waals surface area contributed by atoms with E-state index in [4.69, 9.17) is 4.74 Å². The summed E-state index contributed by atoms with van der Waals surface area (Å²) in [7, 11) is -3.51. The Balaban J connectivity index is 4.27. The van der Waals surface area contributed by atoms with Gasteiger partial charge in [-0.05, 0) is 20.8 Å². The van der Waals surface area contributed by atoms with Crippen LogP contribution < -0.4 is 0 Å². The van der Waals surface area contributed by atoms with Crippen LogP contribution in [0.2, 0.25) is 0 Å². The van der Waals surface area contributed by atoms with Crippen molar-refractivity contribution < 1.29 is 22.1 Å². The summed E-state index contributed by atoms with van der Waals surface area (Å²) in [6, 6.07) is 0. The molecule has 0 amide bonds. The van der Waals surface area contributed by atoms with Crippen LogP contribution in [0.5, 0.6) is 0 Å². The molecule has 5 nitrogen and oxygen atoms in total. The second kappa shape index (κ2) is 4.75. The minimum Gasteiger partial charge on any atom is -0.466 e. The predicted octanol–water partition coefficient (Wildman–Crippen LogP) is 0.552. The highest BCUT2D eigenvalue weighted by Gasteiger charge is 2.30. The fourth-order valence-electron chi connectivity index (χ4n) is 0.640. The van der Waals surface area contributed by atoms with Gasteiger partial charge >= 0.3 is 5.97 Å². The third-order valence-corrected chi connectivity index (χ3v) is 2.01. The van der Waals surface area contributed by atoms with Crippen molar-refractivity contribution in [1.82, 2.24) is 0 Å². The van der Waals surface area contributed by atoms with Gasteiger partial charge in [-0.1, -0.05) is 0 Å². The summed E-state index contributed by atoms with van der Waals surface area (Å²) in [6.07, 6.45) is 0.939. The Hall–Kier alpha value is -0.620. The zero-order chi connectivity index (χ0) is 11.4. The van der Waals surface area contributed by atoms with E-state index in [9.17, 15) is 13.2 Å². The lowest BCUT2D eigenvalue weighted by Gasteiger charge is -2.20. The molecule has 0 bridgehead atoms. The van der Waals surface area contributed by atoms with Crippen molar-refractivity contribution in [3.8, 4) is 0 Å². The highest BCUT2D eigenvalue weighted by atomic mass is 32.2. The van der Waals surface area contributed by atoms with Crippen molar-refractivity contribution in [2.45, 2.75) is 20.8 Å². The topological polar surface area (TPSA) is 69.7 Å². The van der Waals surface area contributed by atoms with Crippen LogP contribution in [0.4, 0.5) is 0 Å². The van der Waals surface area contributed by atoms with Crippen molar-refractivity contribution >= 4 is 16.1 Å². The highest BCUT2D eigenvalue weighted by molar-refractivity contribution is 7.85. The molecule has 0 aromatic heterocycles. The first kappa shape index (κ1) is 13.4. The van der Waals surface area contributed by atoms with Crippen LogP contribution in [0.3, 0.4) is 0 Å². The van der Waals surface area contributed by atoms with Gasteiger partial charge in [0.1, 0.15) is 0 Å². The predicted molar refractivity (Wildman–Crippen MR) is 51.2 cm³/mol. The third-order valence-electron chi connectivity index (χ3n) is 1.46. The molecule has 0 rings (SSSR count). The highest BCUT2D eigenvalue weighted by Crippen LogP contribution is 2.18. The van der Waals surface area contributed by atoms with Gasteiger partial charge in [0.25, 0.3) is 10.1 Å². The number of carbonyl (C=O) groups is 1. The quantitative estimate of drug-likeness (QED) is 0.504. The molecule has 0 atom stereocenters. The summed E-state index contributed by atoms with van der Waals surface area (Å²) in [6.45, 7) is 4.88. The molecule has 84 valence electrons. The lowest BCUT2D eigenvalue weighted by atomic mass is 9.95. The first-order valence-corrected chi connectivity index (χ1v) is 6.02. The fourth-order valence-corrected chi connectivity index (χ4v) is 1.15. The molecule has 0 aliphatic heterocycles. The van der Waals surface area contributed by atoms with E-state index < -0.39 is 21.5 Å². The molecule has 6 heteroatoms. The van der Waals surface area contributed by atoms with Crippen LogP contribution >= 0.6 is 0 Å². The van der Waals surface area contributed by atoms with Crippen molar-refractivity contribution in [2.75, 3.05) is 19.5 Å². The minimum absolute atomic E-state index is 0.204. The van der Waals surface area contributed by atoms with E-state index in [0.717, 1.165) is 6.26 Å². The normalized spacial score (nSPS) is 12.6. The number of hydrogen-bond acceptors (Lipinski definition) is 5. The van der Waals surface area contributed by atoms with Gasteiger partial charge in [-0.15, -0.1) is 0 Å². The fraction of sp³-hybridized carbons (Fsp3) is 0.875. The summed E-state index contributed by atoms with van der Waals surface area (Å²) >= 11 is 0. The van der Waals surface area contributed by atoms with E-state index in [0.29, 0.717) is 0 Å². The number of ether oxygens (including phenoxy) is 1. The smallest absolute Gasteiger partial charge is 0.313 e. The van der Waals surface area contributed by atoms with Crippen LogP contribution in [0, 0.1) is 5.41 Å². The van der Waals surface area contributed by atoms with Crippen LogP contribution in [0.1, 0.15) is 20.8 Å². The van der Waals surface area contributed by atoms with Crippen molar-refractivity contribution in [2.24, 2.45) is 5.41 Å². The lowest BCUT2D eigenvalue weighted by Crippen LogP contribution is -2.32. The van der Waals surface area contributed by atoms with Gasteiger partial charge in [0.2, 0.25) is 0 Å². The van der Waals surface area contributed by atoms with Crippen LogP contribution in [-0.2, 0) is 23.8 Å². The summed E-state index contributed by atoms with van der Waals surface area (Å²) in [4.78, 5) is 11.3.